The largest absolute Gasteiger partial charge is 0.352 e. The highest BCUT2D eigenvalue weighted by Gasteiger charge is 2.35. The fraction of sp³-hybridized carbons (Fsp3) is 0.647. The number of aromatic amines is 1. The number of carbonyl (C=O) groups is 1. The number of hydrogen-bond acceptors (Lipinski definition) is 5. The van der Waals surface area contributed by atoms with Crippen molar-refractivity contribution in [2.24, 2.45) is 11.8 Å². The van der Waals surface area contributed by atoms with Crippen LogP contribution in [0.25, 0.3) is 11.2 Å². The van der Waals surface area contributed by atoms with E-state index >= 15 is 0 Å². The van der Waals surface area contributed by atoms with Crippen molar-refractivity contribution in [1.29, 1.82) is 0 Å². The normalized spacial score (nSPS) is 24.0. The first kappa shape index (κ1) is 15.4. The maximum absolute atomic E-state index is 12.4. The van der Waals surface area contributed by atoms with Gasteiger partial charge in [0.05, 0.1) is 12.9 Å². The van der Waals surface area contributed by atoms with Crippen molar-refractivity contribution in [3.8, 4) is 0 Å². The number of hydrogen-bond donors (Lipinski definition) is 2. The number of nitrogens with zero attached hydrogens (tertiary/aromatic N) is 4. The Morgan fingerprint density at radius 2 is 2.12 bits per heavy atom. The third kappa shape index (κ3) is 3.20. The minimum absolute atomic E-state index is 0.0604. The number of imidazole rings is 1. The van der Waals surface area contributed by atoms with E-state index in [1.807, 2.05) is 11.9 Å². The number of anilines is 1. The zero-order valence-electron chi connectivity index (χ0n) is 14.0. The van der Waals surface area contributed by atoms with Crippen LogP contribution in [-0.2, 0) is 4.79 Å². The average Bonchev–Trinajstić information content (AvgIpc) is 3.31. The minimum atomic E-state index is 0.0604. The van der Waals surface area contributed by atoms with Crippen molar-refractivity contribution < 1.29 is 4.79 Å². The Bertz CT molecular complexity index is 725. The fourth-order valence-electron chi connectivity index (χ4n) is 3.96. The third-order valence-electron chi connectivity index (χ3n) is 5.31. The Morgan fingerprint density at radius 3 is 2.96 bits per heavy atom. The predicted octanol–water partition coefficient (Wildman–Crippen LogP) is 1.87. The Balaban J connectivity index is 1.36. The summed E-state index contributed by atoms with van der Waals surface area (Å²) in [5.74, 6) is 2.52. The predicted molar refractivity (Wildman–Crippen MR) is 91.6 cm³/mol. The Hall–Kier alpha value is -2.18. The molecule has 0 aliphatic heterocycles. The van der Waals surface area contributed by atoms with E-state index in [9.17, 15) is 4.79 Å². The molecule has 0 saturated heterocycles. The van der Waals surface area contributed by atoms with Gasteiger partial charge in [0.2, 0.25) is 5.91 Å². The molecule has 0 bridgehead atoms. The average molecular weight is 328 g/mol. The van der Waals surface area contributed by atoms with Gasteiger partial charge in [-0.3, -0.25) is 4.79 Å². The smallest absolute Gasteiger partial charge is 0.239 e. The molecule has 2 N–H and O–H groups in total. The van der Waals surface area contributed by atoms with E-state index in [2.05, 4.69) is 25.3 Å². The highest BCUT2D eigenvalue weighted by Crippen LogP contribution is 2.43. The number of aromatic nitrogens is 4. The summed E-state index contributed by atoms with van der Waals surface area (Å²) in [6, 6.07) is 0.336. The molecular weight excluding hydrogens is 304 g/mol. The summed E-state index contributed by atoms with van der Waals surface area (Å²) in [6.07, 6.45) is 10.7. The van der Waals surface area contributed by atoms with Crippen LogP contribution in [-0.4, -0.2) is 45.5 Å². The fourth-order valence-corrected chi connectivity index (χ4v) is 3.96. The van der Waals surface area contributed by atoms with Gasteiger partial charge in [0.1, 0.15) is 11.8 Å². The number of likely N-dealkylation sites (N-methyl/N-ethyl adjacent to an activating group) is 1. The summed E-state index contributed by atoms with van der Waals surface area (Å²) in [5, 5.41) is 3.22. The lowest BCUT2D eigenvalue weighted by molar-refractivity contribution is -0.120. The number of nitrogens with one attached hydrogen (secondary N) is 2. The number of carbonyl (C=O) groups excluding carboxylic acids is 1. The van der Waals surface area contributed by atoms with Crippen molar-refractivity contribution in [1.82, 2.24) is 25.3 Å². The van der Waals surface area contributed by atoms with E-state index in [4.69, 9.17) is 0 Å². The molecule has 2 atom stereocenters. The quantitative estimate of drug-likeness (QED) is 0.875. The van der Waals surface area contributed by atoms with Gasteiger partial charge < -0.3 is 15.2 Å². The molecule has 2 aromatic rings. The van der Waals surface area contributed by atoms with Crippen molar-refractivity contribution in [3.63, 3.8) is 0 Å². The topological polar surface area (TPSA) is 86.8 Å². The van der Waals surface area contributed by atoms with Crippen molar-refractivity contribution in [2.75, 3.05) is 18.5 Å². The van der Waals surface area contributed by atoms with Crippen LogP contribution in [0.5, 0.6) is 0 Å². The van der Waals surface area contributed by atoms with E-state index in [-0.39, 0.29) is 12.5 Å². The van der Waals surface area contributed by atoms with Gasteiger partial charge in [0.25, 0.3) is 0 Å². The molecule has 2 aromatic heterocycles. The lowest BCUT2D eigenvalue weighted by atomic mass is 9.83. The lowest BCUT2D eigenvalue weighted by Crippen LogP contribution is -2.43. The Kier molecular flexibility index (Phi) is 4.08. The van der Waals surface area contributed by atoms with Crippen molar-refractivity contribution in [3.05, 3.63) is 12.7 Å². The lowest BCUT2D eigenvalue weighted by Gasteiger charge is -2.30. The first-order valence-electron chi connectivity index (χ1n) is 8.85. The first-order valence-corrected chi connectivity index (χ1v) is 8.85. The molecule has 0 radical (unpaired) electrons. The molecule has 7 nitrogen and oxygen atoms in total. The van der Waals surface area contributed by atoms with Crippen LogP contribution in [0, 0.1) is 11.8 Å². The molecule has 2 aliphatic carbocycles. The summed E-state index contributed by atoms with van der Waals surface area (Å²) in [5.41, 5.74) is 1.38. The second-order valence-corrected chi connectivity index (χ2v) is 7.18. The van der Waals surface area contributed by atoms with Crippen molar-refractivity contribution in [2.45, 2.75) is 44.6 Å². The van der Waals surface area contributed by atoms with Crippen LogP contribution in [0.2, 0.25) is 0 Å². The second kappa shape index (κ2) is 6.37. The summed E-state index contributed by atoms with van der Waals surface area (Å²) < 4.78 is 0. The molecule has 0 aromatic carbocycles. The molecule has 0 spiro atoms. The van der Waals surface area contributed by atoms with Crippen LogP contribution >= 0.6 is 0 Å². The van der Waals surface area contributed by atoms with Gasteiger partial charge in [-0.05, 0) is 37.5 Å². The molecule has 128 valence electrons. The monoisotopic (exact) mass is 328 g/mol. The van der Waals surface area contributed by atoms with Gasteiger partial charge in [-0.1, -0.05) is 12.8 Å². The van der Waals surface area contributed by atoms with Gasteiger partial charge in [0.15, 0.2) is 11.5 Å². The molecule has 1 amide bonds. The Labute approximate surface area is 141 Å². The number of fused-ring (bicyclic) bond motifs is 1. The standard InChI is InChI=1S/C17H24N6O/c1-23(17-15-16(19-9-18-15)20-10-21-17)8-14(24)22-13-4-2-3-12(7-13)11-5-6-11/h9-13H,2-8H2,1H3,(H,22,24)(H,18,19,20,21)/t12-,13+/m1/s1. The first-order chi connectivity index (χ1) is 11.7. The van der Waals surface area contributed by atoms with Gasteiger partial charge in [0, 0.05) is 13.1 Å². The molecule has 2 heterocycles. The van der Waals surface area contributed by atoms with E-state index in [0.29, 0.717) is 17.5 Å². The van der Waals surface area contributed by atoms with Crippen LogP contribution in [0.4, 0.5) is 5.82 Å². The summed E-state index contributed by atoms with van der Waals surface area (Å²) >= 11 is 0. The van der Waals surface area contributed by atoms with Gasteiger partial charge in [-0.15, -0.1) is 0 Å². The van der Waals surface area contributed by atoms with Crippen molar-refractivity contribution >= 4 is 22.9 Å². The van der Waals surface area contributed by atoms with Crippen LogP contribution in [0.15, 0.2) is 12.7 Å². The highest BCUT2D eigenvalue weighted by molar-refractivity contribution is 5.87. The number of rotatable bonds is 5. The molecule has 2 fully saturated rings. The number of H-pyrrole nitrogens is 1. The summed E-state index contributed by atoms with van der Waals surface area (Å²) in [7, 11) is 1.87. The number of amides is 1. The molecule has 24 heavy (non-hydrogen) atoms. The molecule has 0 unspecified atom stereocenters. The summed E-state index contributed by atoms with van der Waals surface area (Å²) in [6.45, 7) is 0.287. The maximum Gasteiger partial charge on any atom is 0.239 e. The minimum Gasteiger partial charge on any atom is -0.352 e. The molecular formula is C17H24N6O. The van der Waals surface area contributed by atoms with E-state index in [1.54, 1.807) is 6.33 Å². The van der Waals surface area contributed by atoms with E-state index in [1.165, 1.54) is 32.0 Å². The van der Waals surface area contributed by atoms with E-state index in [0.717, 1.165) is 30.2 Å². The molecule has 4 rings (SSSR count). The van der Waals surface area contributed by atoms with Crippen LogP contribution in [0.1, 0.15) is 38.5 Å². The maximum atomic E-state index is 12.4. The zero-order valence-corrected chi connectivity index (χ0v) is 14.0. The Morgan fingerprint density at radius 1 is 1.25 bits per heavy atom. The van der Waals surface area contributed by atoms with Gasteiger partial charge >= 0.3 is 0 Å². The van der Waals surface area contributed by atoms with Crippen LogP contribution < -0.4 is 10.2 Å². The SMILES string of the molecule is CN(CC(=O)N[C@H]1CCC[C@@H](C2CC2)C1)c1ncnc2nc[nH]c12. The molecule has 2 aliphatic rings. The van der Waals surface area contributed by atoms with Crippen LogP contribution in [0.3, 0.4) is 0 Å². The third-order valence-corrected chi connectivity index (χ3v) is 5.31. The van der Waals surface area contributed by atoms with Gasteiger partial charge in [-0.25, -0.2) is 15.0 Å². The second-order valence-electron chi connectivity index (χ2n) is 7.18. The molecule has 2 saturated carbocycles. The molecule has 7 heteroatoms. The zero-order chi connectivity index (χ0) is 16.5. The van der Waals surface area contributed by atoms with Gasteiger partial charge in [-0.2, -0.15) is 0 Å². The highest BCUT2D eigenvalue weighted by atomic mass is 16.2. The van der Waals surface area contributed by atoms with E-state index < -0.39 is 0 Å². The summed E-state index contributed by atoms with van der Waals surface area (Å²) in [4.78, 5) is 29.8.